The van der Waals surface area contributed by atoms with Crippen molar-refractivity contribution in [3.63, 3.8) is 0 Å². The van der Waals surface area contributed by atoms with Crippen molar-refractivity contribution in [2.45, 2.75) is 20.8 Å². The molecule has 1 aliphatic heterocycles. The maximum Gasteiger partial charge on any atom is 0.259 e. The Hall–Kier alpha value is -3.02. The van der Waals surface area contributed by atoms with E-state index in [2.05, 4.69) is 10.6 Å². The van der Waals surface area contributed by atoms with Gasteiger partial charge in [-0.2, -0.15) is 0 Å². The Morgan fingerprint density at radius 1 is 1.27 bits per heavy atom. The zero-order valence-corrected chi connectivity index (χ0v) is 15.1. The van der Waals surface area contributed by atoms with Gasteiger partial charge in [0.25, 0.3) is 5.91 Å². The van der Waals surface area contributed by atoms with Crippen LogP contribution in [0, 0.1) is 5.41 Å². The first kappa shape index (κ1) is 17.8. The Kier molecular flexibility index (Phi) is 4.84. The molecule has 0 aromatic heterocycles. The zero-order chi connectivity index (χ0) is 18.7. The number of amides is 2. The molecule has 6 nitrogen and oxygen atoms in total. The molecule has 0 bridgehead atoms. The molecule has 0 aliphatic carbocycles. The summed E-state index contributed by atoms with van der Waals surface area (Å²) >= 11 is 0. The standard InChI is InChI=1S/C20H22N2O4/c1-4-25-16-8-6-5-7-14(16)18(23)21-13-9-10-15-17(11-13)26-12-20(2,3)19(24)22-15/h5-11H,4,12H2,1-3H3,(H,21,23)(H,22,24). The first-order valence-corrected chi connectivity index (χ1v) is 8.52. The zero-order valence-electron chi connectivity index (χ0n) is 15.1. The van der Waals surface area contributed by atoms with E-state index in [0.29, 0.717) is 35.0 Å². The van der Waals surface area contributed by atoms with Crippen LogP contribution in [-0.4, -0.2) is 25.0 Å². The molecule has 0 saturated heterocycles. The molecule has 0 saturated carbocycles. The van der Waals surface area contributed by atoms with Crippen LogP contribution in [0.1, 0.15) is 31.1 Å². The van der Waals surface area contributed by atoms with E-state index < -0.39 is 5.41 Å². The molecule has 2 N–H and O–H groups in total. The van der Waals surface area contributed by atoms with Gasteiger partial charge in [0.1, 0.15) is 18.1 Å². The number of carbonyl (C=O) groups is 2. The van der Waals surface area contributed by atoms with Gasteiger partial charge in [0, 0.05) is 11.8 Å². The van der Waals surface area contributed by atoms with Crippen LogP contribution in [0.3, 0.4) is 0 Å². The molecule has 2 aromatic rings. The third-order valence-corrected chi connectivity index (χ3v) is 4.12. The Balaban J connectivity index is 1.81. The molecule has 1 heterocycles. The van der Waals surface area contributed by atoms with Crippen LogP contribution in [0.2, 0.25) is 0 Å². The van der Waals surface area contributed by atoms with Crippen molar-refractivity contribution in [3.8, 4) is 11.5 Å². The van der Waals surface area contributed by atoms with E-state index in [1.54, 1.807) is 36.4 Å². The molecule has 26 heavy (non-hydrogen) atoms. The minimum Gasteiger partial charge on any atom is -0.493 e. The molecule has 0 spiro atoms. The highest BCUT2D eigenvalue weighted by Crippen LogP contribution is 2.34. The number of anilines is 2. The predicted octanol–water partition coefficient (Wildman–Crippen LogP) is 3.69. The molecule has 0 unspecified atom stereocenters. The molecular formula is C20H22N2O4. The number of nitrogens with one attached hydrogen (secondary N) is 2. The summed E-state index contributed by atoms with van der Waals surface area (Å²) in [7, 11) is 0. The average Bonchev–Trinajstić information content (AvgIpc) is 2.72. The van der Waals surface area contributed by atoms with Gasteiger partial charge >= 0.3 is 0 Å². The van der Waals surface area contributed by atoms with E-state index in [0.717, 1.165) is 0 Å². The van der Waals surface area contributed by atoms with Crippen molar-refractivity contribution in [2.75, 3.05) is 23.8 Å². The highest BCUT2D eigenvalue weighted by molar-refractivity contribution is 6.06. The van der Waals surface area contributed by atoms with E-state index in [9.17, 15) is 9.59 Å². The second-order valence-electron chi connectivity index (χ2n) is 6.72. The molecule has 0 atom stereocenters. The Labute approximate surface area is 152 Å². The lowest BCUT2D eigenvalue weighted by atomic mass is 9.94. The minimum absolute atomic E-state index is 0.0984. The summed E-state index contributed by atoms with van der Waals surface area (Å²) in [5.41, 5.74) is 1.00. The third-order valence-electron chi connectivity index (χ3n) is 4.12. The fourth-order valence-corrected chi connectivity index (χ4v) is 2.57. The average molecular weight is 354 g/mol. The molecule has 6 heteroatoms. The van der Waals surface area contributed by atoms with Crippen LogP contribution >= 0.6 is 0 Å². The first-order valence-electron chi connectivity index (χ1n) is 8.52. The molecule has 0 radical (unpaired) electrons. The third kappa shape index (κ3) is 3.64. The van der Waals surface area contributed by atoms with E-state index in [4.69, 9.17) is 9.47 Å². The fraction of sp³-hybridized carbons (Fsp3) is 0.300. The van der Waals surface area contributed by atoms with Gasteiger partial charge in [-0.25, -0.2) is 0 Å². The Morgan fingerprint density at radius 3 is 2.81 bits per heavy atom. The van der Waals surface area contributed by atoms with Gasteiger partial charge in [-0.1, -0.05) is 12.1 Å². The summed E-state index contributed by atoms with van der Waals surface area (Å²) in [6.07, 6.45) is 0. The number of fused-ring (bicyclic) bond motifs is 1. The lowest BCUT2D eigenvalue weighted by Gasteiger charge is -2.18. The predicted molar refractivity (Wildman–Crippen MR) is 99.9 cm³/mol. The number of para-hydroxylation sites is 1. The molecule has 2 amide bonds. The number of benzene rings is 2. The van der Waals surface area contributed by atoms with E-state index in [1.165, 1.54) is 0 Å². The minimum atomic E-state index is -0.626. The van der Waals surface area contributed by atoms with Gasteiger partial charge < -0.3 is 20.1 Å². The van der Waals surface area contributed by atoms with Gasteiger partial charge in [0.15, 0.2) is 0 Å². The number of rotatable bonds is 4. The SMILES string of the molecule is CCOc1ccccc1C(=O)Nc1ccc2c(c1)OCC(C)(C)C(=O)N2. The second kappa shape index (κ2) is 7.07. The lowest BCUT2D eigenvalue weighted by Crippen LogP contribution is -2.33. The molecular weight excluding hydrogens is 332 g/mol. The highest BCUT2D eigenvalue weighted by atomic mass is 16.5. The Bertz CT molecular complexity index is 845. The number of hydrogen-bond donors (Lipinski definition) is 2. The molecule has 3 rings (SSSR count). The summed E-state index contributed by atoms with van der Waals surface area (Å²) in [6.45, 7) is 6.25. The van der Waals surface area contributed by atoms with Crippen molar-refractivity contribution in [2.24, 2.45) is 5.41 Å². The monoisotopic (exact) mass is 354 g/mol. The van der Waals surface area contributed by atoms with E-state index in [-0.39, 0.29) is 18.4 Å². The van der Waals surface area contributed by atoms with Gasteiger partial charge in [-0.3, -0.25) is 9.59 Å². The van der Waals surface area contributed by atoms with E-state index in [1.807, 2.05) is 26.8 Å². The summed E-state index contributed by atoms with van der Waals surface area (Å²) in [5.74, 6) is 0.693. The maximum atomic E-state index is 12.6. The van der Waals surface area contributed by atoms with Gasteiger partial charge in [0.05, 0.1) is 23.3 Å². The van der Waals surface area contributed by atoms with Gasteiger partial charge in [0.2, 0.25) is 5.91 Å². The smallest absolute Gasteiger partial charge is 0.259 e. The number of ether oxygens (including phenoxy) is 2. The van der Waals surface area contributed by atoms with Crippen LogP contribution in [0.4, 0.5) is 11.4 Å². The van der Waals surface area contributed by atoms with E-state index >= 15 is 0 Å². The van der Waals surface area contributed by atoms with Crippen LogP contribution in [0.25, 0.3) is 0 Å². The lowest BCUT2D eigenvalue weighted by molar-refractivity contribution is -0.124. The quantitative estimate of drug-likeness (QED) is 0.878. The van der Waals surface area contributed by atoms with Crippen molar-refractivity contribution in [3.05, 3.63) is 48.0 Å². The van der Waals surface area contributed by atoms with Crippen LogP contribution in [0.5, 0.6) is 11.5 Å². The van der Waals surface area contributed by atoms with Gasteiger partial charge in [-0.05, 0) is 45.0 Å². The normalized spacial score (nSPS) is 15.1. The summed E-state index contributed by atoms with van der Waals surface area (Å²) in [6, 6.07) is 12.2. The molecule has 136 valence electrons. The van der Waals surface area contributed by atoms with Crippen molar-refractivity contribution < 1.29 is 19.1 Å². The summed E-state index contributed by atoms with van der Waals surface area (Å²) in [5, 5.41) is 5.70. The van der Waals surface area contributed by atoms with Crippen LogP contribution in [0.15, 0.2) is 42.5 Å². The second-order valence-corrected chi connectivity index (χ2v) is 6.72. The first-order chi connectivity index (χ1) is 12.4. The highest BCUT2D eigenvalue weighted by Gasteiger charge is 2.32. The molecule has 1 aliphatic rings. The van der Waals surface area contributed by atoms with Crippen LogP contribution < -0.4 is 20.1 Å². The van der Waals surface area contributed by atoms with Crippen molar-refractivity contribution in [1.82, 2.24) is 0 Å². The van der Waals surface area contributed by atoms with Crippen molar-refractivity contribution in [1.29, 1.82) is 0 Å². The maximum absolute atomic E-state index is 12.6. The number of hydrogen-bond acceptors (Lipinski definition) is 4. The van der Waals surface area contributed by atoms with Crippen molar-refractivity contribution >= 4 is 23.2 Å². The fourth-order valence-electron chi connectivity index (χ4n) is 2.57. The summed E-state index contributed by atoms with van der Waals surface area (Å²) < 4.78 is 11.3. The van der Waals surface area contributed by atoms with Crippen LogP contribution in [-0.2, 0) is 4.79 Å². The number of carbonyl (C=O) groups excluding carboxylic acids is 2. The van der Waals surface area contributed by atoms with Gasteiger partial charge in [-0.15, -0.1) is 0 Å². The largest absolute Gasteiger partial charge is 0.493 e. The molecule has 0 fully saturated rings. The molecule has 2 aromatic carbocycles. The Morgan fingerprint density at radius 2 is 2.04 bits per heavy atom. The summed E-state index contributed by atoms with van der Waals surface area (Å²) in [4.78, 5) is 24.8. The topological polar surface area (TPSA) is 76.7 Å².